The van der Waals surface area contributed by atoms with Crippen molar-refractivity contribution in [1.82, 2.24) is 9.78 Å². The quantitative estimate of drug-likeness (QED) is 0.877. The Hall–Kier alpha value is -2.63. The Morgan fingerprint density at radius 1 is 1.27 bits per heavy atom. The van der Waals surface area contributed by atoms with Crippen molar-refractivity contribution in [2.24, 2.45) is 13.0 Å². The highest BCUT2D eigenvalue weighted by atomic mass is 16.2. The number of aromatic nitrogens is 2. The SMILES string of the molecule is Cc1ccc(N2CC[C@@H](C(=O)Nc3ccn(C)n3)C2=O)cc1. The average molecular weight is 298 g/mol. The summed E-state index contributed by atoms with van der Waals surface area (Å²) in [5, 5.41) is 6.79. The summed E-state index contributed by atoms with van der Waals surface area (Å²) in [6.45, 7) is 2.56. The highest BCUT2D eigenvalue weighted by Crippen LogP contribution is 2.26. The molecule has 1 aromatic heterocycles. The van der Waals surface area contributed by atoms with Crippen LogP contribution in [0.5, 0.6) is 0 Å². The van der Waals surface area contributed by atoms with Crippen molar-refractivity contribution in [3.05, 3.63) is 42.1 Å². The maximum atomic E-state index is 12.5. The Labute approximate surface area is 128 Å². The lowest BCUT2D eigenvalue weighted by Crippen LogP contribution is -2.33. The Morgan fingerprint density at radius 2 is 2.00 bits per heavy atom. The van der Waals surface area contributed by atoms with Crippen LogP contribution in [0.3, 0.4) is 0 Å². The molecule has 1 saturated heterocycles. The van der Waals surface area contributed by atoms with E-state index in [1.165, 1.54) is 0 Å². The van der Waals surface area contributed by atoms with Crippen molar-refractivity contribution >= 4 is 23.3 Å². The van der Waals surface area contributed by atoms with Crippen LogP contribution in [0.25, 0.3) is 0 Å². The number of nitrogens with one attached hydrogen (secondary N) is 1. The molecule has 0 spiro atoms. The Kier molecular flexibility index (Phi) is 3.66. The fraction of sp³-hybridized carbons (Fsp3) is 0.312. The van der Waals surface area contributed by atoms with Gasteiger partial charge in [0.05, 0.1) is 0 Å². The second-order valence-electron chi connectivity index (χ2n) is 5.53. The topological polar surface area (TPSA) is 67.2 Å². The second kappa shape index (κ2) is 5.63. The number of rotatable bonds is 3. The molecule has 1 fully saturated rings. The molecule has 6 heteroatoms. The van der Waals surface area contributed by atoms with Crippen LogP contribution < -0.4 is 10.2 Å². The van der Waals surface area contributed by atoms with E-state index in [1.54, 1.807) is 28.9 Å². The number of carbonyl (C=O) groups is 2. The Bertz CT molecular complexity index is 705. The van der Waals surface area contributed by atoms with Gasteiger partial charge in [-0.1, -0.05) is 17.7 Å². The molecule has 1 N–H and O–H groups in total. The summed E-state index contributed by atoms with van der Waals surface area (Å²) < 4.78 is 1.60. The average Bonchev–Trinajstić information content (AvgIpc) is 3.06. The molecule has 1 aliphatic heterocycles. The van der Waals surface area contributed by atoms with Gasteiger partial charge in [0.15, 0.2) is 5.82 Å². The summed E-state index contributed by atoms with van der Waals surface area (Å²) in [5.41, 5.74) is 1.98. The van der Waals surface area contributed by atoms with E-state index in [0.717, 1.165) is 11.3 Å². The van der Waals surface area contributed by atoms with E-state index < -0.39 is 5.92 Å². The van der Waals surface area contributed by atoms with Gasteiger partial charge in [0.2, 0.25) is 11.8 Å². The van der Waals surface area contributed by atoms with Crippen LogP contribution in [0, 0.1) is 12.8 Å². The molecular weight excluding hydrogens is 280 g/mol. The molecule has 0 bridgehead atoms. The lowest BCUT2D eigenvalue weighted by atomic mass is 10.1. The summed E-state index contributed by atoms with van der Waals surface area (Å²) in [5.74, 6) is -0.631. The molecular formula is C16H18N4O2. The minimum absolute atomic E-state index is 0.155. The monoisotopic (exact) mass is 298 g/mol. The molecule has 114 valence electrons. The highest BCUT2D eigenvalue weighted by Gasteiger charge is 2.37. The van der Waals surface area contributed by atoms with E-state index >= 15 is 0 Å². The maximum absolute atomic E-state index is 12.5. The van der Waals surface area contributed by atoms with Gasteiger partial charge in [0, 0.05) is 31.5 Å². The largest absolute Gasteiger partial charge is 0.312 e. The lowest BCUT2D eigenvalue weighted by Gasteiger charge is -2.16. The first-order valence-corrected chi connectivity index (χ1v) is 7.23. The van der Waals surface area contributed by atoms with Crippen molar-refractivity contribution < 1.29 is 9.59 Å². The Morgan fingerprint density at radius 3 is 2.64 bits per heavy atom. The zero-order valence-electron chi connectivity index (χ0n) is 12.6. The lowest BCUT2D eigenvalue weighted by molar-refractivity contribution is -0.129. The van der Waals surface area contributed by atoms with Gasteiger partial charge in [-0.3, -0.25) is 14.3 Å². The van der Waals surface area contributed by atoms with Gasteiger partial charge in [0.1, 0.15) is 5.92 Å². The first-order chi connectivity index (χ1) is 10.5. The third kappa shape index (κ3) is 2.72. The molecule has 2 aromatic rings. The molecule has 0 aliphatic carbocycles. The summed E-state index contributed by atoms with van der Waals surface area (Å²) in [6.07, 6.45) is 2.26. The standard InChI is InChI=1S/C16H18N4O2/c1-11-3-5-12(6-4-11)20-10-7-13(16(20)22)15(21)17-14-8-9-19(2)18-14/h3-6,8-9,13H,7,10H2,1-2H3,(H,17,18,21)/t13-/m0/s1. The molecule has 22 heavy (non-hydrogen) atoms. The van der Waals surface area contributed by atoms with Gasteiger partial charge in [0.25, 0.3) is 0 Å². The summed E-state index contributed by atoms with van der Waals surface area (Å²) >= 11 is 0. The van der Waals surface area contributed by atoms with Crippen molar-refractivity contribution in [3.63, 3.8) is 0 Å². The molecule has 0 saturated carbocycles. The third-order valence-corrected chi connectivity index (χ3v) is 3.83. The number of anilines is 2. The van der Waals surface area contributed by atoms with E-state index in [1.807, 2.05) is 31.2 Å². The molecule has 3 rings (SSSR count). The number of benzene rings is 1. The first-order valence-electron chi connectivity index (χ1n) is 7.23. The van der Waals surface area contributed by atoms with E-state index in [0.29, 0.717) is 18.8 Å². The molecule has 2 heterocycles. The van der Waals surface area contributed by atoms with Crippen LogP contribution in [0.2, 0.25) is 0 Å². The molecule has 1 aromatic carbocycles. The Balaban J connectivity index is 1.70. The molecule has 1 aliphatic rings. The second-order valence-corrected chi connectivity index (χ2v) is 5.53. The van der Waals surface area contributed by atoms with Crippen LogP contribution in [0.4, 0.5) is 11.5 Å². The van der Waals surface area contributed by atoms with Crippen molar-refractivity contribution in [3.8, 4) is 0 Å². The fourth-order valence-corrected chi connectivity index (χ4v) is 2.60. The van der Waals surface area contributed by atoms with Crippen LogP contribution in [-0.4, -0.2) is 28.1 Å². The maximum Gasteiger partial charge on any atom is 0.239 e. The van der Waals surface area contributed by atoms with Gasteiger partial charge in [-0.05, 0) is 25.5 Å². The van der Waals surface area contributed by atoms with Gasteiger partial charge in [-0.25, -0.2) is 0 Å². The smallest absolute Gasteiger partial charge is 0.239 e. The zero-order valence-corrected chi connectivity index (χ0v) is 12.6. The first kappa shape index (κ1) is 14.3. The summed E-state index contributed by atoms with van der Waals surface area (Å²) in [4.78, 5) is 26.4. The molecule has 6 nitrogen and oxygen atoms in total. The number of aryl methyl sites for hydroxylation is 2. The van der Waals surface area contributed by atoms with E-state index in [9.17, 15) is 9.59 Å². The number of carbonyl (C=O) groups excluding carboxylic acids is 2. The van der Waals surface area contributed by atoms with Crippen LogP contribution in [0.1, 0.15) is 12.0 Å². The number of nitrogens with zero attached hydrogens (tertiary/aromatic N) is 3. The van der Waals surface area contributed by atoms with Crippen molar-refractivity contribution in [1.29, 1.82) is 0 Å². The van der Waals surface area contributed by atoms with E-state index in [2.05, 4.69) is 10.4 Å². The summed E-state index contributed by atoms with van der Waals surface area (Å²) in [6, 6.07) is 9.45. The van der Waals surface area contributed by atoms with Gasteiger partial charge in [-0.2, -0.15) is 5.10 Å². The predicted octanol–water partition coefficient (Wildman–Crippen LogP) is 1.72. The van der Waals surface area contributed by atoms with Crippen LogP contribution >= 0.6 is 0 Å². The molecule has 0 radical (unpaired) electrons. The van der Waals surface area contributed by atoms with Crippen LogP contribution in [-0.2, 0) is 16.6 Å². The van der Waals surface area contributed by atoms with E-state index in [-0.39, 0.29) is 11.8 Å². The molecule has 0 unspecified atom stereocenters. The third-order valence-electron chi connectivity index (χ3n) is 3.83. The number of amides is 2. The fourth-order valence-electron chi connectivity index (χ4n) is 2.60. The molecule has 2 amide bonds. The summed E-state index contributed by atoms with van der Waals surface area (Å²) in [7, 11) is 1.77. The van der Waals surface area contributed by atoms with Gasteiger partial charge < -0.3 is 10.2 Å². The van der Waals surface area contributed by atoms with Gasteiger partial charge >= 0.3 is 0 Å². The van der Waals surface area contributed by atoms with Crippen molar-refractivity contribution in [2.45, 2.75) is 13.3 Å². The minimum atomic E-state index is -0.650. The highest BCUT2D eigenvalue weighted by molar-refractivity contribution is 6.13. The number of hydrogen-bond donors (Lipinski definition) is 1. The van der Waals surface area contributed by atoms with Crippen LogP contribution in [0.15, 0.2) is 36.5 Å². The number of hydrogen-bond acceptors (Lipinski definition) is 3. The van der Waals surface area contributed by atoms with Crippen molar-refractivity contribution in [2.75, 3.05) is 16.8 Å². The van der Waals surface area contributed by atoms with Gasteiger partial charge in [-0.15, -0.1) is 0 Å². The normalized spacial score (nSPS) is 17.8. The minimum Gasteiger partial charge on any atom is -0.312 e. The molecule has 1 atom stereocenters. The zero-order chi connectivity index (χ0) is 15.7. The predicted molar refractivity (Wildman–Crippen MR) is 83.5 cm³/mol. The van der Waals surface area contributed by atoms with E-state index in [4.69, 9.17) is 0 Å².